The molecule has 0 amide bonds. The highest BCUT2D eigenvalue weighted by atomic mass is 32.1. The minimum atomic E-state index is -0.327. The van der Waals surface area contributed by atoms with Crippen LogP contribution in [0.1, 0.15) is 11.9 Å². The summed E-state index contributed by atoms with van der Waals surface area (Å²) >= 11 is 4.04. The average molecular weight is 211 g/mol. The number of aromatic nitrogens is 2. The number of furan rings is 1. The molecule has 0 fully saturated rings. The minimum Gasteiger partial charge on any atom is -0.472 e. The third-order valence-corrected chi connectivity index (χ3v) is 2.12. The zero-order chi connectivity index (χ0) is 9.97. The maximum atomic E-state index is 5.66. The van der Waals surface area contributed by atoms with Crippen LogP contribution >= 0.6 is 12.6 Å². The van der Waals surface area contributed by atoms with E-state index < -0.39 is 0 Å². The van der Waals surface area contributed by atoms with E-state index in [0.717, 1.165) is 5.56 Å². The zero-order valence-electron chi connectivity index (χ0n) is 7.25. The van der Waals surface area contributed by atoms with Crippen LogP contribution in [0.25, 0.3) is 11.5 Å². The Morgan fingerprint density at radius 3 is 3.00 bits per heavy atom. The molecule has 0 bridgehead atoms. The van der Waals surface area contributed by atoms with Gasteiger partial charge in [-0.1, -0.05) is 0 Å². The maximum Gasteiger partial charge on any atom is 0.251 e. The van der Waals surface area contributed by atoms with Gasteiger partial charge in [-0.15, -0.1) is 10.2 Å². The molecule has 0 spiro atoms. The van der Waals surface area contributed by atoms with Crippen LogP contribution in [0.3, 0.4) is 0 Å². The zero-order valence-corrected chi connectivity index (χ0v) is 8.15. The first-order chi connectivity index (χ1) is 6.81. The van der Waals surface area contributed by atoms with Crippen molar-refractivity contribution in [2.45, 2.75) is 6.04 Å². The molecule has 0 aliphatic rings. The second kappa shape index (κ2) is 3.85. The summed E-state index contributed by atoms with van der Waals surface area (Å²) in [5, 5.41) is 7.65. The quantitative estimate of drug-likeness (QED) is 0.747. The van der Waals surface area contributed by atoms with E-state index in [-0.39, 0.29) is 6.04 Å². The summed E-state index contributed by atoms with van der Waals surface area (Å²) in [6.07, 6.45) is 3.07. The molecule has 2 rings (SSSR count). The summed E-state index contributed by atoms with van der Waals surface area (Å²) in [6.45, 7) is 0. The summed E-state index contributed by atoms with van der Waals surface area (Å²) in [5.41, 5.74) is 6.41. The fourth-order valence-electron chi connectivity index (χ4n) is 0.965. The molecule has 1 atom stereocenters. The van der Waals surface area contributed by atoms with Crippen molar-refractivity contribution in [3.63, 3.8) is 0 Å². The largest absolute Gasteiger partial charge is 0.472 e. The van der Waals surface area contributed by atoms with E-state index in [4.69, 9.17) is 14.6 Å². The van der Waals surface area contributed by atoms with Gasteiger partial charge in [-0.25, -0.2) is 0 Å². The predicted octanol–water partition coefficient (Wildman–Crippen LogP) is 1.26. The van der Waals surface area contributed by atoms with Gasteiger partial charge in [0.2, 0.25) is 5.89 Å². The van der Waals surface area contributed by atoms with E-state index in [9.17, 15) is 0 Å². The van der Waals surface area contributed by atoms with Crippen LogP contribution in [0.2, 0.25) is 0 Å². The third-order valence-electron chi connectivity index (χ3n) is 1.72. The van der Waals surface area contributed by atoms with Crippen molar-refractivity contribution in [1.29, 1.82) is 0 Å². The Bertz CT molecular complexity index is 398. The lowest BCUT2D eigenvalue weighted by atomic mass is 10.3. The van der Waals surface area contributed by atoms with Crippen molar-refractivity contribution >= 4 is 12.6 Å². The van der Waals surface area contributed by atoms with Gasteiger partial charge in [0.1, 0.15) is 6.26 Å². The SMILES string of the molecule is N[C@@H](CS)c1nnc(-c2ccoc2)o1. The molecule has 0 radical (unpaired) electrons. The molecule has 2 aromatic heterocycles. The summed E-state index contributed by atoms with van der Waals surface area (Å²) in [4.78, 5) is 0. The van der Waals surface area contributed by atoms with Gasteiger partial charge in [0.15, 0.2) is 0 Å². The average Bonchev–Trinajstić information content (AvgIpc) is 2.86. The van der Waals surface area contributed by atoms with Gasteiger partial charge in [0.25, 0.3) is 5.89 Å². The second-order valence-electron chi connectivity index (χ2n) is 2.75. The number of nitrogens with two attached hydrogens (primary N) is 1. The van der Waals surface area contributed by atoms with Crippen molar-refractivity contribution < 1.29 is 8.83 Å². The predicted molar refractivity (Wildman–Crippen MR) is 52.8 cm³/mol. The molecule has 2 N–H and O–H groups in total. The molecule has 2 aromatic rings. The van der Waals surface area contributed by atoms with Gasteiger partial charge < -0.3 is 14.6 Å². The minimum absolute atomic E-state index is 0.327. The first-order valence-electron chi connectivity index (χ1n) is 4.03. The van der Waals surface area contributed by atoms with E-state index in [1.54, 1.807) is 6.07 Å². The molecule has 0 saturated carbocycles. The van der Waals surface area contributed by atoms with Crippen LogP contribution in [0.15, 0.2) is 27.4 Å². The monoisotopic (exact) mass is 211 g/mol. The topological polar surface area (TPSA) is 78.1 Å². The van der Waals surface area contributed by atoms with Crippen molar-refractivity contribution in [3.05, 3.63) is 24.5 Å². The fourth-order valence-corrected chi connectivity index (χ4v) is 1.12. The standard InChI is InChI=1S/C8H9N3O2S/c9-6(4-14)8-11-10-7(13-8)5-1-2-12-3-5/h1-3,6,14H,4,9H2/t6-/m0/s1. The van der Waals surface area contributed by atoms with Crippen LogP contribution in [0.5, 0.6) is 0 Å². The molecule has 74 valence electrons. The van der Waals surface area contributed by atoms with Gasteiger partial charge in [-0.05, 0) is 6.07 Å². The van der Waals surface area contributed by atoms with Crippen molar-refractivity contribution in [2.75, 3.05) is 5.75 Å². The molecule has 0 saturated heterocycles. The van der Waals surface area contributed by atoms with Crippen molar-refractivity contribution in [3.8, 4) is 11.5 Å². The molecule has 0 aromatic carbocycles. The molecular weight excluding hydrogens is 202 g/mol. The fraction of sp³-hybridized carbons (Fsp3) is 0.250. The number of hydrogen-bond acceptors (Lipinski definition) is 6. The smallest absolute Gasteiger partial charge is 0.251 e. The van der Waals surface area contributed by atoms with Gasteiger partial charge in [0.05, 0.1) is 17.9 Å². The molecule has 0 unspecified atom stereocenters. The lowest BCUT2D eigenvalue weighted by molar-refractivity contribution is 0.475. The van der Waals surface area contributed by atoms with Gasteiger partial charge in [0, 0.05) is 5.75 Å². The van der Waals surface area contributed by atoms with Gasteiger partial charge >= 0.3 is 0 Å². The number of thiol groups is 1. The summed E-state index contributed by atoms with van der Waals surface area (Å²) in [6, 6.07) is 1.41. The number of nitrogens with zero attached hydrogens (tertiary/aromatic N) is 2. The lowest BCUT2D eigenvalue weighted by Crippen LogP contribution is -2.11. The molecule has 0 aliphatic carbocycles. The van der Waals surface area contributed by atoms with Crippen molar-refractivity contribution in [2.24, 2.45) is 5.73 Å². The lowest BCUT2D eigenvalue weighted by Gasteiger charge is -1.99. The van der Waals surface area contributed by atoms with Crippen LogP contribution in [-0.2, 0) is 0 Å². The van der Waals surface area contributed by atoms with E-state index in [1.807, 2.05) is 0 Å². The molecular formula is C8H9N3O2S. The van der Waals surface area contributed by atoms with E-state index in [1.165, 1.54) is 12.5 Å². The number of rotatable bonds is 3. The summed E-state index contributed by atoms with van der Waals surface area (Å²) in [5.74, 6) is 1.26. The maximum absolute atomic E-state index is 5.66. The van der Waals surface area contributed by atoms with Crippen LogP contribution in [-0.4, -0.2) is 16.0 Å². The Morgan fingerprint density at radius 2 is 2.36 bits per heavy atom. The molecule has 2 heterocycles. The normalized spacial score (nSPS) is 13.0. The molecule has 5 nitrogen and oxygen atoms in total. The van der Waals surface area contributed by atoms with E-state index in [2.05, 4.69) is 22.8 Å². The first kappa shape index (κ1) is 9.29. The van der Waals surface area contributed by atoms with E-state index in [0.29, 0.717) is 17.5 Å². The van der Waals surface area contributed by atoms with Crippen LogP contribution < -0.4 is 5.73 Å². The molecule has 6 heteroatoms. The van der Waals surface area contributed by atoms with Gasteiger partial charge in [-0.2, -0.15) is 12.6 Å². The highest BCUT2D eigenvalue weighted by Gasteiger charge is 2.14. The Kier molecular flexibility index (Phi) is 2.55. The Hall–Kier alpha value is -1.27. The molecule has 14 heavy (non-hydrogen) atoms. The van der Waals surface area contributed by atoms with Crippen LogP contribution in [0, 0.1) is 0 Å². The van der Waals surface area contributed by atoms with Crippen molar-refractivity contribution in [1.82, 2.24) is 10.2 Å². The van der Waals surface area contributed by atoms with E-state index >= 15 is 0 Å². The molecule has 0 aliphatic heterocycles. The summed E-state index contributed by atoms with van der Waals surface area (Å²) < 4.78 is 10.2. The second-order valence-corrected chi connectivity index (χ2v) is 3.11. The highest BCUT2D eigenvalue weighted by Crippen LogP contribution is 2.20. The Morgan fingerprint density at radius 1 is 1.50 bits per heavy atom. The Labute approximate surface area is 85.7 Å². The number of hydrogen-bond donors (Lipinski definition) is 2. The van der Waals surface area contributed by atoms with Gasteiger partial charge in [-0.3, -0.25) is 0 Å². The Balaban J connectivity index is 2.26. The highest BCUT2D eigenvalue weighted by molar-refractivity contribution is 7.80. The summed E-state index contributed by atoms with van der Waals surface area (Å²) in [7, 11) is 0. The first-order valence-corrected chi connectivity index (χ1v) is 4.67. The third kappa shape index (κ3) is 1.66. The van der Waals surface area contributed by atoms with Crippen LogP contribution in [0.4, 0.5) is 0 Å².